The number of alkyl halides is 3. The molecule has 0 amide bonds. The van der Waals surface area contributed by atoms with Crippen LogP contribution in [-0.2, 0) is 15.6 Å². The molecule has 1 aromatic heterocycles. The van der Waals surface area contributed by atoms with E-state index in [0.717, 1.165) is 0 Å². The van der Waals surface area contributed by atoms with Crippen molar-refractivity contribution in [3.05, 3.63) is 60.3 Å². The fraction of sp³-hybridized carbons (Fsp3) is 0.375. The Labute approximate surface area is 203 Å². The Balaban J connectivity index is 1.86. The van der Waals surface area contributed by atoms with E-state index in [0.29, 0.717) is 5.69 Å². The van der Waals surface area contributed by atoms with Gasteiger partial charge < -0.3 is 15.7 Å². The van der Waals surface area contributed by atoms with E-state index in [2.05, 4.69) is 16.8 Å². The zero-order valence-electron chi connectivity index (χ0n) is 19.3. The lowest BCUT2D eigenvalue weighted by molar-refractivity contribution is -0.265. The van der Waals surface area contributed by atoms with Crippen LogP contribution in [-0.4, -0.2) is 54.7 Å². The maximum Gasteiger partial charge on any atom is 0.421 e. The number of benzene rings is 1. The number of piperazine rings is 1. The molecule has 1 fully saturated rings. The molecule has 3 rings (SSSR count). The fourth-order valence-electron chi connectivity index (χ4n) is 3.88. The zero-order chi connectivity index (χ0) is 25.9. The lowest BCUT2D eigenvalue weighted by Gasteiger charge is -2.40. The number of sulfonamides is 1. The predicted molar refractivity (Wildman–Crippen MR) is 128 cm³/mol. The number of nitrogens with zero attached hydrogens (tertiary/aromatic N) is 3. The number of halogens is 3. The van der Waals surface area contributed by atoms with Gasteiger partial charge in [0.1, 0.15) is 16.8 Å². The standard InChI is InChI=1S/C24H27F3N4O3S/c1-3-5-13-23(32,24(25,26)27)18-7-9-19(10-8-18)31-15-14-30(17-20(31)6-4-2)35(33,34)21-11-12-22(28)29-16-21/h3,5,7-12,16,20,32H,13-15,17H2,1-2H3,(H2,28,29)/t20-,23+/m0/s1. The molecule has 0 saturated carbocycles. The second kappa shape index (κ2) is 10.3. The largest absolute Gasteiger partial charge is 0.421 e. The predicted octanol–water partition coefficient (Wildman–Crippen LogP) is 3.28. The van der Waals surface area contributed by atoms with Crippen LogP contribution in [0.1, 0.15) is 25.8 Å². The summed E-state index contributed by atoms with van der Waals surface area (Å²) in [4.78, 5) is 5.70. The van der Waals surface area contributed by atoms with Crippen molar-refractivity contribution in [3.8, 4) is 11.8 Å². The van der Waals surface area contributed by atoms with Crippen LogP contribution in [0.3, 0.4) is 0 Å². The Morgan fingerprint density at radius 2 is 1.89 bits per heavy atom. The molecular formula is C24H27F3N4O3S. The van der Waals surface area contributed by atoms with Gasteiger partial charge in [0.25, 0.3) is 0 Å². The van der Waals surface area contributed by atoms with Crippen LogP contribution in [0.25, 0.3) is 0 Å². The highest BCUT2D eigenvalue weighted by atomic mass is 32.2. The summed E-state index contributed by atoms with van der Waals surface area (Å²) >= 11 is 0. The first-order valence-electron chi connectivity index (χ1n) is 10.9. The molecule has 188 valence electrons. The molecule has 2 heterocycles. The highest BCUT2D eigenvalue weighted by molar-refractivity contribution is 7.89. The van der Waals surface area contributed by atoms with E-state index >= 15 is 0 Å². The Hall–Kier alpha value is -3.07. The van der Waals surface area contributed by atoms with Crippen LogP contribution in [0.2, 0.25) is 0 Å². The van der Waals surface area contributed by atoms with Crippen LogP contribution in [0, 0.1) is 11.8 Å². The van der Waals surface area contributed by atoms with Gasteiger partial charge in [-0.15, -0.1) is 5.92 Å². The minimum absolute atomic E-state index is 0.0141. The Kier molecular flexibility index (Phi) is 7.79. The Morgan fingerprint density at radius 1 is 1.20 bits per heavy atom. The van der Waals surface area contributed by atoms with Gasteiger partial charge in [0.05, 0.1) is 0 Å². The number of pyridine rings is 1. The number of rotatable bonds is 6. The molecule has 7 nitrogen and oxygen atoms in total. The summed E-state index contributed by atoms with van der Waals surface area (Å²) in [6.07, 6.45) is -1.54. The van der Waals surface area contributed by atoms with E-state index < -0.39 is 34.3 Å². The summed E-state index contributed by atoms with van der Waals surface area (Å²) in [5.41, 5.74) is 2.84. The van der Waals surface area contributed by atoms with Crippen molar-refractivity contribution in [2.45, 2.75) is 43.0 Å². The van der Waals surface area contributed by atoms with Crippen LogP contribution in [0.5, 0.6) is 0 Å². The molecule has 35 heavy (non-hydrogen) atoms. The number of nitrogen functional groups attached to an aromatic ring is 1. The minimum Gasteiger partial charge on any atom is -0.384 e. The first-order valence-corrected chi connectivity index (χ1v) is 12.3. The van der Waals surface area contributed by atoms with Crippen LogP contribution >= 0.6 is 0 Å². The van der Waals surface area contributed by atoms with Gasteiger partial charge in [0.15, 0.2) is 5.60 Å². The monoisotopic (exact) mass is 508 g/mol. The average Bonchev–Trinajstić information content (AvgIpc) is 2.82. The number of hydrogen-bond acceptors (Lipinski definition) is 6. The summed E-state index contributed by atoms with van der Waals surface area (Å²) in [7, 11) is -3.83. The molecule has 0 radical (unpaired) electrons. The quantitative estimate of drug-likeness (QED) is 0.459. The lowest BCUT2D eigenvalue weighted by atomic mass is 9.89. The molecule has 1 saturated heterocycles. The maximum atomic E-state index is 13.7. The third kappa shape index (κ3) is 5.45. The number of allylic oxidation sites excluding steroid dienone is 1. The number of hydrogen-bond donors (Lipinski definition) is 2. The molecule has 1 aromatic carbocycles. The molecule has 2 aromatic rings. The summed E-state index contributed by atoms with van der Waals surface area (Å²) in [5, 5.41) is 10.4. The highest BCUT2D eigenvalue weighted by Gasteiger charge is 2.54. The molecule has 0 spiro atoms. The van der Waals surface area contributed by atoms with E-state index in [1.54, 1.807) is 13.8 Å². The molecule has 1 aliphatic heterocycles. The fourth-order valence-corrected chi connectivity index (χ4v) is 5.27. The highest BCUT2D eigenvalue weighted by Crippen LogP contribution is 2.42. The van der Waals surface area contributed by atoms with Crippen LogP contribution in [0.4, 0.5) is 24.7 Å². The van der Waals surface area contributed by atoms with Gasteiger partial charge in [0.2, 0.25) is 10.0 Å². The normalized spacial score (nSPS) is 19.3. The van der Waals surface area contributed by atoms with Crippen molar-refractivity contribution >= 4 is 21.5 Å². The van der Waals surface area contributed by atoms with Crippen molar-refractivity contribution in [3.63, 3.8) is 0 Å². The van der Waals surface area contributed by atoms with E-state index in [1.165, 1.54) is 59.1 Å². The van der Waals surface area contributed by atoms with Gasteiger partial charge in [-0.05, 0) is 43.7 Å². The van der Waals surface area contributed by atoms with E-state index in [1.807, 2.05) is 4.90 Å². The van der Waals surface area contributed by atoms with Crippen molar-refractivity contribution in [1.82, 2.24) is 9.29 Å². The zero-order valence-corrected chi connectivity index (χ0v) is 20.1. The first kappa shape index (κ1) is 26.5. The molecule has 0 unspecified atom stereocenters. The minimum atomic E-state index is -4.86. The summed E-state index contributed by atoms with van der Waals surface area (Å²) in [5.74, 6) is 5.99. The maximum absolute atomic E-state index is 13.7. The van der Waals surface area contributed by atoms with E-state index in [-0.39, 0.29) is 35.9 Å². The second-order valence-electron chi connectivity index (χ2n) is 8.06. The number of anilines is 2. The molecular weight excluding hydrogens is 481 g/mol. The number of nitrogens with two attached hydrogens (primary N) is 1. The van der Waals surface area contributed by atoms with Gasteiger partial charge in [-0.3, -0.25) is 0 Å². The lowest BCUT2D eigenvalue weighted by Crippen LogP contribution is -2.54. The van der Waals surface area contributed by atoms with E-state index in [4.69, 9.17) is 5.73 Å². The van der Waals surface area contributed by atoms with Gasteiger partial charge in [-0.1, -0.05) is 30.2 Å². The number of aliphatic hydroxyl groups is 1. The summed E-state index contributed by atoms with van der Waals surface area (Å²) < 4.78 is 68.4. The van der Waals surface area contributed by atoms with E-state index in [9.17, 15) is 26.7 Å². The molecule has 0 aliphatic carbocycles. The second-order valence-corrected chi connectivity index (χ2v) is 10.0. The topological polar surface area (TPSA) is 99.8 Å². The van der Waals surface area contributed by atoms with Crippen molar-refractivity contribution in [1.29, 1.82) is 0 Å². The molecule has 2 atom stereocenters. The van der Waals surface area contributed by atoms with Crippen LogP contribution in [0.15, 0.2) is 59.6 Å². The molecule has 1 aliphatic rings. The van der Waals surface area contributed by atoms with Gasteiger partial charge in [0, 0.05) is 37.9 Å². The Morgan fingerprint density at radius 3 is 2.43 bits per heavy atom. The third-order valence-corrected chi connectivity index (χ3v) is 7.69. The average molecular weight is 509 g/mol. The SMILES string of the molecule is CC#C[C@H]1CN(S(=O)(=O)c2ccc(N)nc2)CCN1c1ccc([C@](O)(CC=CC)C(F)(F)F)cc1. The van der Waals surface area contributed by atoms with Crippen molar-refractivity contribution < 1.29 is 26.7 Å². The van der Waals surface area contributed by atoms with Gasteiger partial charge in [-0.2, -0.15) is 17.5 Å². The number of aromatic nitrogens is 1. The smallest absolute Gasteiger partial charge is 0.384 e. The van der Waals surface area contributed by atoms with Crippen molar-refractivity contribution in [2.75, 3.05) is 30.3 Å². The molecule has 11 heteroatoms. The third-order valence-electron chi connectivity index (χ3n) is 5.85. The van der Waals surface area contributed by atoms with Gasteiger partial charge >= 0.3 is 6.18 Å². The van der Waals surface area contributed by atoms with Gasteiger partial charge in [-0.25, -0.2) is 13.4 Å². The first-order chi connectivity index (χ1) is 16.4. The Bertz CT molecular complexity index is 1220. The van der Waals surface area contributed by atoms with Crippen molar-refractivity contribution in [2.24, 2.45) is 0 Å². The molecule has 3 N–H and O–H groups in total. The van der Waals surface area contributed by atoms with Crippen LogP contribution < -0.4 is 10.6 Å². The summed E-state index contributed by atoms with van der Waals surface area (Å²) in [6.45, 7) is 3.68. The molecule has 0 bridgehead atoms. The summed E-state index contributed by atoms with van der Waals surface area (Å²) in [6, 6.07) is 7.73.